The first kappa shape index (κ1) is 14.7. The number of hydrogen-bond acceptors (Lipinski definition) is 4. The zero-order valence-corrected chi connectivity index (χ0v) is 11.9. The standard InChI is InChI=1S/C14H22ClN3O/c15-14-3-4-16-8-13(14)9-17-5-7-18-6-1-2-12(10-18)11-19/h3-4,8,12,17,19H,1-2,5-7,9-11H2. The zero-order valence-electron chi connectivity index (χ0n) is 11.2. The molecule has 0 amide bonds. The molecule has 1 aromatic heterocycles. The van der Waals surface area contributed by atoms with Gasteiger partial charge in [-0.1, -0.05) is 11.6 Å². The van der Waals surface area contributed by atoms with Crippen LogP contribution in [0.25, 0.3) is 0 Å². The molecule has 0 saturated carbocycles. The number of nitrogens with one attached hydrogen (secondary N) is 1. The summed E-state index contributed by atoms with van der Waals surface area (Å²) in [4.78, 5) is 6.49. The summed E-state index contributed by atoms with van der Waals surface area (Å²) in [6, 6.07) is 1.81. The number of aromatic nitrogens is 1. The molecule has 1 atom stereocenters. The third-order valence-electron chi connectivity index (χ3n) is 3.63. The monoisotopic (exact) mass is 283 g/mol. The maximum Gasteiger partial charge on any atom is 0.0481 e. The Hall–Kier alpha value is -0.680. The van der Waals surface area contributed by atoms with E-state index in [1.165, 1.54) is 6.42 Å². The van der Waals surface area contributed by atoms with E-state index in [2.05, 4.69) is 15.2 Å². The van der Waals surface area contributed by atoms with Crippen molar-refractivity contribution in [1.29, 1.82) is 0 Å². The topological polar surface area (TPSA) is 48.4 Å². The quantitative estimate of drug-likeness (QED) is 0.778. The van der Waals surface area contributed by atoms with Gasteiger partial charge in [-0.25, -0.2) is 0 Å². The number of hydrogen-bond donors (Lipinski definition) is 2. The number of nitrogens with zero attached hydrogens (tertiary/aromatic N) is 2. The average Bonchev–Trinajstić information content (AvgIpc) is 2.45. The van der Waals surface area contributed by atoms with E-state index in [0.29, 0.717) is 12.5 Å². The van der Waals surface area contributed by atoms with E-state index in [4.69, 9.17) is 11.6 Å². The highest BCUT2D eigenvalue weighted by molar-refractivity contribution is 6.31. The van der Waals surface area contributed by atoms with Gasteiger partial charge in [0.15, 0.2) is 0 Å². The summed E-state index contributed by atoms with van der Waals surface area (Å²) in [5, 5.41) is 13.4. The minimum absolute atomic E-state index is 0.315. The molecule has 5 heteroatoms. The van der Waals surface area contributed by atoms with E-state index in [1.807, 2.05) is 6.07 Å². The summed E-state index contributed by atoms with van der Waals surface area (Å²) in [5.41, 5.74) is 1.04. The normalized spacial score (nSPS) is 20.6. The molecule has 4 nitrogen and oxygen atoms in total. The number of aliphatic hydroxyl groups excluding tert-OH is 1. The lowest BCUT2D eigenvalue weighted by Crippen LogP contribution is -2.40. The summed E-state index contributed by atoms with van der Waals surface area (Å²) in [5.74, 6) is 0.460. The van der Waals surface area contributed by atoms with Crippen molar-refractivity contribution >= 4 is 11.6 Å². The molecule has 0 aliphatic carbocycles. The molecule has 0 bridgehead atoms. The molecule has 0 spiro atoms. The Morgan fingerprint density at radius 3 is 3.21 bits per heavy atom. The van der Waals surface area contributed by atoms with Crippen LogP contribution < -0.4 is 5.32 Å². The summed E-state index contributed by atoms with van der Waals surface area (Å²) in [6.45, 7) is 5.19. The van der Waals surface area contributed by atoms with Gasteiger partial charge in [-0.05, 0) is 31.4 Å². The first-order valence-electron chi connectivity index (χ1n) is 6.92. The van der Waals surface area contributed by atoms with Crippen LogP contribution in [0.15, 0.2) is 18.5 Å². The third-order valence-corrected chi connectivity index (χ3v) is 3.99. The predicted molar refractivity (Wildman–Crippen MR) is 77.2 cm³/mol. The number of halogens is 1. The fraction of sp³-hybridized carbons (Fsp3) is 0.643. The number of piperidine rings is 1. The lowest BCUT2D eigenvalue weighted by Gasteiger charge is -2.31. The Kier molecular flexibility index (Phi) is 6.04. The van der Waals surface area contributed by atoms with Gasteiger partial charge in [0, 0.05) is 55.8 Å². The van der Waals surface area contributed by atoms with E-state index in [-0.39, 0.29) is 0 Å². The molecule has 106 valence electrons. The van der Waals surface area contributed by atoms with E-state index in [0.717, 1.165) is 49.7 Å². The van der Waals surface area contributed by atoms with Crippen LogP contribution in [-0.4, -0.2) is 47.8 Å². The smallest absolute Gasteiger partial charge is 0.0481 e. The molecule has 1 aromatic rings. The van der Waals surface area contributed by atoms with Crippen molar-refractivity contribution in [3.05, 3.63) is 29.0 Å². The van der Waals surface area contributed by atoms with E-state index in [1.54, 1.807) is 12.4 Å². The maximum absolute atomic E-state index is 9.20. The van der Waals surface area contributed by atoms with Crippen LogP contribution in [0.5, 0.6) is 0 Å². The highest BCUT2D eigenvalue weighted by Gasteiger charge is 2.18. The van der Waals surface area contributed by atoms with Crippen molar-refractivity contribution in [3.63, 3.8) is 0 Å². The van der Waals surface area contributed by atoms with Crippen LogP contribution in [-0.2, 0) is 6.54 Å². The van der Waals surface area contributed by atoms with Gasteiger partial charge in [0.05, 0.1) is 0 Å². The van der Waals surface area contributed by atoms with Gasteiger partial charge in [0.1, 0.15) is 0 Å². The molecule has 1 aliphatic rings. The first-order valence-corrected chi connectivity index (χ1v) is 7.29. The molecule has 0 aromatic carbocycles. The lowest BCUT2D eigenvalue weighted by molar-refractivity contribution is 0.121. The number of pyridine rings is 1. The summed E-state index contributed by atoms with van der Waals surface area (Å²) < 4.78 is 0. The van der Waals surface area contributed by atoms with Crippen LogP contribution in [0.1, 0.15) is 18.4 Å². The van der Waals surface area contributed by atoms with Gasteiger partial charge in [0.2, 0.25) is 0 Å². The minimum atomic E-state index is 0.315. The van der Waals surface area contributed by atoms with E-state index in [9.17, 15) is 5.11 Å². The number of aliphatic hydroxyl groups is 1. The molecular weight excluding hydrogens is 262 g/mol. The van der Waals surface area contributed by atoms with Gasteiger partial charge >= 0.3 is 0 Å². The van der Waals surface area contributed by atoms with Crippen LogP contribution in [0.4, 0.5) is 0 Å². The molecule has 2 rings (SSSR count). The Labute approximate surface area is 119 Å². The molecule has 1 saturated heterocycles. The highest BCUT2D eigenvalue weighted by atomic mass is 35.5. The second kappa shape index (κ2) is 7.80. The molecule has 1 aliphatic heterocycles. The molecule has 1 unspecified atom stereocenters. The van der Waals surface area contributed by atoms with Crippen molar-refractivity contribution in [2.45, 2.75) is 19.4 Å². The Bertz CT molecular complexity index is 389. The van der Waals surface area contributed by atoms with Crippen molar-refractivity contribution in [3.8, 4) is 0 Å². The van der Waals surface area contributed by atoms with Crippen LogP contribution >= 0.6 is 11.6 Å². The first-order chi connectivity index (χ1) is 9.29. The fourth-order valence-electron chi connectivity index (χ4n) is 2.50. The van der Waals surface area contributed by atoms with Crippen molar-refractivity contribution in [2.75, 3.05) is 32.8 Å². The van der Waals surface area contributed by atoms with Gasteiger partial charge in [-0.3, -0.25) is 4.98 Å². The van der Waals surface area contributed by atoms with Gasteiger partial charge in [0.25, 0.3) is 0 Å². The molecule has 1 fully saturated rings. The zero-order chi connectivity index (χ0) is 13.5. The van der Waals surface area contributed by atoms with E-state index < -0.39 is 0 Å². The predicted octanol–water partition coefficient (Wildman–Crippen LogP) is 1.53. The Morgan fingerprint density at radius 2 is 2.42 bits per heavy atom. The number of likely N-dealkylation sites (tertiary alicyclic amines) is 1. The number of rotatable bonds is 6. The molecule has 2 heterocycles. The van der Waals surface area contributed by atoms with Gasteiger partial charge < -0.3 is 15.3 Å². The van der Waals surface area contributed by atoms with Crippen LogP contribution in [0.2, 0.25) is 5.02 Å². The largest absolute Gasteiger partial charge is 0.396 e. The average molecular weight is 284 g/mol. The Morgan fingerprint density at radius 1 is 1.53 bits per heavy atom. The third kappa shape index (κ3) is 4.73. The lowest BCUT2D eigenvalue weighted by atomic mass is 9.99. The molecule has 2 N–H and O–H groups in total. The molecular formula is C14H22ClN3O. The summed E-state index contributed by atoms with van der Waals surface area (Å²) >= 11 is 6.07. The SMILES string of the molecule is OCC1CCCN(CCNCc2cnccc2Cl)C1. The summed E-state index contributed by atoms with van der Waals surface area (Å²) in [7, 11) is 0. The minimum Gasteiger partial charge on any atom is -0.396 e. The van der Waals surface area contributed by atoms with Crippen LogP contribution in [0, 0.1) is 5.92 Å². The van der Waals surface area contributed by atoms with Crippen molar-refractivity contribution in [2.24, 2.45) is 5.92 Å². The van der Waals surface area contributed by atoms with Crippen molar-refractivity contribution < 1.29 is 5.11 Å². The summed E-state index contributed by atoms with van der Waals surface area (Å²) in [6.07, 6.45) is 5.86. The van der Waals surface area contributed by atoms with Crippen LogP contribution in [0.3, 0.4) is 0 Å². The van der Waals surface area contributed by atoms with Gasteiger partial charge in [-0.15, -0.1) is 0 Å². The fourth-order valence-corrected chi connectivity index (χ4v) is 2.68. The van der Waals surface area contributed by atoms with E-state index >= 15 is 0 Å². The highest BCUT2D eigenvalue weighted by Crippen LogP contribution is 2.15. The second-order valence-electron chi connectivity index (χ2n) is 5.14. The maximum atomic E-state index is 9.20. The molecule has 19 heavy (non-hydrogen) atoms. The second-order valence-corrected chi connectivity index (χ2v) is 5.54. The van der Waals surface area contributed by atoms with Gasteiger partial charge in [-0.2, -0.15) is 0 Å². The molecule has 0 radical (unpaired) electrons. The Balaban J connectivity index is 1.65. The van der Waals surface area contributed by atoms with Crippen molar-refractivity contribution in [1.82, 2.24) is 15.2 Å².